The van der Waals surface area contributed by atoms with E-state index in [1.165, 1.54) is 11.3 Å². The highest BCUT2D eigenvalue weighted by Gasteiger charge is 2.33. The van der Waals surface area contributed by atoms with E-state index in [0.717, 1.165) is 0 Å². The lowest BCUT2D eigenvalue weighted by atomic mass is 10.1. The van der Waals surface area contributed by atoms with Gasteiger partial charge < -0.3 is 0 Å². The van der Waals surface area contributed by atoms with Crippen LogP contribution in [-0.4, -0.2) is 23.3 Å². The highest BCUT2D eigenvalue weighted by Crippen LogP contribution is 2.21. The first-order valence-corrected chi connectivity index (χ1v) is 5.62. The molecule has 1 aromatic carbocycles. The molecule has 0 spiro atoms. The molecule has 0 atom stereocenters. The average Bonchev–Trinajstić information content (AvgIpc) is 2.53. The van der Waals surface area contributed by atoms with E-state index in [1.54, 1.807) is 31.2 Å². The normalized spacial score (nSPS) is 13.3. The third-order valence-corrected chi connectivity index (χ3v) is 2.19. The van der Waals surface area contributed by atoms with Crippen molar-refractivity contribution >= 4 is 11.8 Å². The molecule has 0 bridgehead atoms. The second-order valence-corrected chi connectivity index (χ2v) is 3.61. The summed E-state index contributed by atoms with van der Waals surface area (Å²) >= 11 is 0. The molecule has 0 aliphatic carbocycles. The molecule has 86 valence electrons. The lowest BCUT2D eigenvalue weighted by molar-refractivity contribution is 0.0663. The Morgan fingerprint density at radius 1 is 0.938 bits per heavy atom. The van der Waals surface area contributed by atoms with Crippen LogP contribution in [0, 0.1) is 0 Å². The van der Waals surface area contributed by atoms with Gasteiger partial charge in [0.1, 0.15) is 0 Å². The predicted octanol–water partition coefficient (Wildman–Crippen LogP) is 2.72. The lowest BCUT2D eigenvalue weighted by Crippen LogP contribution is -2.29. The molecule has 0 aromatic heterocycles. The summed E-state index contributed by atoms with van der Waals surface area (Å²) in [5.41, 5.74) is 1.05. The average molecular weight is 219 g/mol. The molecule has 0 saturated carbocycles. The maximum atomic E-state index is 11.5. The van der Waals surface area contributed by atoms with Crippen LogP contribution in [0.25, 0.3) is 0 Å². The Morgan fingerprint density at radius 2 is 1.31 bits per heavy atom. The number of rotatable bonds is 1. The van der Waals surface area contributed by atoms with E-state index < -0.39 is 0 Å². The highest BCUT2D eigenvalue weighted by atomic mass is 16.2. The second kappa shape index (κ2) is 5.45. The fourth-order valence-corrected chi connectivity index (χ4v) is 1.53. The molecule has 2 rings (SSSR count). The van der Waals surface area contributed by atoms with Gasteiger partial charge in [-0.15, -0.1) is 0 Å². The molecule has 0 N–H and O–H groups in total. The number of hydrogen-bond donors (Lipinski definition) is 0. The van der Waals surface area contributed by atoms with E-state index in [0.29, 0.717) is 17.7 Å². The van der Waals surface area contributed by atoms with Gasteiger partial charge in [0.15, 0.2) is 0 Å². The first-order valence-electron chi connectivity index (χ1n) is 5.62. The van der Waals surface area contributed by atoms with Crippen LogP contribution in [0.1, 0.15) is 47.9 Å². The van der Waals surface area contributed by atoms with Gasteiger partial charge in [0, 0.05) is 6.54 Å². The van der Waals surface area contributed by atoms with E-state index in [2.05, 4.69) is 13.8 Å². The largest absolute Gasteiger partial charge is 0.275 e. The number of fused-ring (bicyclic) bond motifs is 1. The molecular formula is C13H17NO2. The first kappa shape index (κ1) is 12.4. The van der Waals surface area contributed by atoms with Crippen molar-refractivity contribution in [2.45, 2.75) is 27.2 Å². The van der Waals surface area contributed by atoms with Gasteiger partial charge in [0.05, 0.1) is 11.1 Å². The first-order chi connectivity index (χ1) is 7.67. The maximum absolute atomic E-state index is 11.5. The summed E-state index contributed by atoms with van der Waals surface area (Å²) in [4.78, 5) is 24.3. The number of benzene rings is 1. The molecular weight excluding hydrogens is 202 g/mol. The van der Waals surface area contributed by atoms with Crippen molar-refractivity contribution in [1.82, 2.24) is 4.90 Å². The van der Waals surface area contributed by atoms with E-state index in [9.17, 15) is 9.59 Å². The Hall–Kier alpha value is -1.64. The number of nitrogens with zero attached hydrogens (tertiary/aromatic N) is 1. The number of amides is 2. The topological polar surface area (TPSA) is 37.4 Å². The summed E-state index contributed by atoms with van der Waals surface area (Å²) in [6, 6.07) is 6.91. The van der Waals surface area contributed by atoms with Gasteiger partial charge in [-0.3, -0.25) is 14.5 Å². The SMILES string of the molecule is CCC.CCN1C(=O)c2ccccc2C1=O. The summed E-state index contributed by atoms with van der Waals surface area (Å²) in [7, 11) is 0. The van der Waals surface area contributed by atoms with Crippen LogP contribution in [0.4, 0.5) is 0 Å². The zero-order valence-corrected chi connectivity index (χ0v) is 9.99. The highest BCUT2D eigenvalue weighted by molar-refractivity contribution is 6.21. The zero-order chi connectivity index (χ0) is 12.1. The van der Waals surface area contributed by atoms with Crippen molar-refractivity contribution in [3.8, 4) is 0 Å². The molecule has 1 aromatic rings. The molecule has 1 aliphatic rings. The number of imide groups is 1. The Morgan fingerprint density at radius 3 is 1.62 bits per heavy atom. The van der Waals surface area contributed by atoms with Crippen LogP contribution in [0.3, 0.4) is 0 Å². The zero-order valence-electron chi connectivity index (χ0n) is 9.99. The van der Waals surface area contributed by atoms with Crippen molar-refractivity contribution in [1.29, 1.82) is 0 Å². The molecule has 3 heteroatoms. The van der Waals surface area contributed by atoms with Crippen LogP contribution < -0.4 is 0 Å². The van der Waals surface area contributed by atoms with Gasteiger partial charge in [-0.2, -0.15) is 0 Å². The third kappa shape index (κ3) is 2.13. The third-order valence-electron chi connectivity index (χ3n) is 2.19. The fourth-order valence-electron chi connectivity index (χ4n) is 1.53. The Kier molecular flexibility index (Phi) is 4.23. The van der Waals surface area contributed by atoms with Crippen molar-refractivity contribution in [2.75, 3.05) is 6.54 Å². The minimum Gasteiger partial charge on any atom is -0.275 e. The monoisotopic (exact) mass is 219 g/mol. The van der Waals surface area contributed by atoms with Crippen molar-refractivity contribution in [3.63, 3.8) is 0 Å². The molecule has 3 nitrogen and oxygen atoms in total. The van der Waals surface area contributed by atoms with Crippen molar-refractivity contribution in [3.05, 3.63) is 35.4 Å². The van der Waals surface area contributed by atoms with Crippen LogP contribution in [0.5, 0.6) is 0 Å². The van der Waals surface area contributed by atoms with Gasteiger partial charge in [0.25, 0.3) is 11.8 Å². The van der Waals surface area contributed by atoms with Crippen molar-refractivity contribution in [2.24, 2.45) is 0 Å². The van der Waals surface area contributed by atoms with Gasteiger partial charge in [-0.25, -0.2) is 0 Å². The Labute approximate surface area is 96.1 Å². The van der Waals surface area contributed by atoms with E-state index in [-0.39, 0.29) is 11.8 Å². The van der Waals surface area contributed by atoms with Gasteiger partial charge in [0.2, 0.25) is 0 Å². The molecule has 2 amide bonds. The number of carbonyl (C=O) groups excluding carboxylic acids is 2. The molecule has 0 unspecified atom stereocenters. The summed E-state index contributed by atoms with van der Waals surface area (Å²) in [6.07, 6.45) is 1.25. The maximum Gasteiger partial charge on any atom is 0.261 e. The molecule has 1 heterocycles. The van der Waals surface area contributed by atoms with E-state index in [4.69, 9.17) is 0 Å². The quantitative estimate of drug-likeness (QED) is 0.681. The van der Waals surface area contributed by atoms with Crippen LogP contribution in [0.15, 0.2) is 24.3 Å². The van der Waals surface area contributed by atoms with Gasteiger partial charge in [-0.05, 0) is 19.1 Å². The summed E-state index contributed by atoms with van der Waals surface area (Å²) in [6.45, 7) is 6.48. The van der Waals surface area contributed by atoms with Crippen LogP contribution >= 0.6 is 0 Å². The minimum absolute atomic E-state index is 0.178. The Bertz CT molecular complexity index is 364. The molecule has 16 heavy (non-hydrogen) atoms. The molecule has 0 saturated heterocycles. The summed E-state index contributed by atoms with van der Waals surface area (Å²) < 4.78 is 0. The fraction of sp³-hybridized carbons (Fsp3) is 0.385. The Balaban J connectivity index is 0.000000386. The van der Waals surface area contributed by atoms with E-state index >= 15 is 0 Å². The van der Waals surface area contributed by atoms with Crippen LogP contribution in [-0.2, 0) is 0 Å². The number of carbonyl (C=O) groups is 2. The van der Waals surface area contributed by atoms with Crippen molar-refractivity contribution < 1.29 is 9.59 Å². The predicted molar refractivity (Wildman–Crippen MR) is 63.4 cm³/mol. The minimum atomic E-state index is -0.178. The number of hydrogen-bond acceptors (Lipinski definition) is 2. The van der Waals surface area contributed by atoms with E-state index in [1.807, 2.05) is 0 Å². The van der Waals surface area contributed by atoms with Gasteiger partial charge >= 0.3 is 0 Å². The summed E-state index contributed by atoms with van der Waals surface area (Å²) in [5.74, 6) is -0.355. The van der Waals surface area contributed by atoms with Crippen LogP contribution in [0.2, 0.25) is 0 Å². The summed E-state index contributed by atoms with van der Waals surface area (Å²) in [5, 5.41) is 0. The molecule has 1 aliphatic heterocycles. The standard InChI is InChI=1S/C10H9NO2.C3H8/c1-2-11-9(12)7-5-3-4-6-8(7)10(11)13;1-3-2/h3-6H,2H2,1H3;3H2,1-2H3. The smallest absolute Gasteiger partial charge is 0.261 e. The molecule has 0 fully saturated rings. The lowest BCUT2D eigenvalue weighted by Gasteiger charge is -2.08. The van der Waals surface area contributed by atoms with Gasteiger partial charge in [-0.1, -0.05) is 32.4 Å². The second-order valence-electron chi connectivity index (χ2n) is 3.61. The molecule has 0 radical (unpaired) electrons.